The molecule has 0 aliphatic heterocycles. The Morgan fingerprint density at radius 3 is 2.64 bits per heavy atom. The summed E-state index contributed by atoms with van der Waals surface area (Å²) in [4.78, 5) is 34.4. The number of primary amides is 1. The zero-order valence-corrected chi connectivity index (χ0v) is 13.1. The molecule has 7 heteroatoms. The van der Waals surface area contributed by atoms with Crippen LogP contribution in [-0.2, 0) is 25.5 Å². The van der Waals surface area contributed by atoms with Crippen LogP contribution in [0.25, 0.3) is 0 Å². The highest BCUT2D eigenvalue weighted by Crippen LogP contribution is 2.12. The van der Waals surface area contributed by atoms with E-state index in [4.69, 9.17) is 22.1 Å². The van der Waals surface area contributed by atoms with Gasteiger partial charge in [-0.3, -0.25) is 14.4 Å². The van der Waals surface area contributed by atoms with Gasteiger partial charge in [-0.15, -0.1) is 0 Å². The molecule has 0 fully saturated rings. The SMILES string of the molecule is CCOC(=O)CCC(=O)N[C@H](Cc1cccc(Cl)c1)C(N)=O. The first-order valence-corrected chi connectivity index (χ1v) is 7.29. The van der Waals surface area contributed by atoms with Crippen molar-refractivity contribution in [2.75, 3.05) is 6.61 Å². The summed E-state index contributed by atoms with van der Waals surface area (Å²) < 4.78 is 4.73. The molecular formula is C15H19ClN2O4. The smallest absolute Gasteiger partial charge is 0.306 e. The van der Waals surface area contributed by atoms with Crippen LogP contribution in [0.2, 0.25) is 5.02 Å². The van der Waals surface area contributed by atoms with Crippen LogP contribution in [-0.4, -0.2) is 30.4 Å². The number of halogens is 1. The van der Waals surface area contributed by atoms with Crippen LogP contribution in [0, 0.1) is 0 Å². The number of nitrogens with one attached hydrogen (secondary N) is 1. The number of benzene rings is 1. The molecule has 3 N–H and O–H groups in total. The van der Waals surface area contributed by atoms with Gasteiger partial charge in [-0.05, 0) is 24.6 Å². The lowest BCUT2D eigenvalue weighted by atomic mass is 10.1. The molecule has 0 heterocycles. The van der Waals surface area contributed by atoms with E-state index in [0.29, 0.717) is 5.02 Å². The van der Waals surface area contributed by atoms with Crippen molar-refractivity contribution >= 4 is 29.4 Å². The Bertz CT molecular complexity index is 548. The number of esters is 1. The molecule has 1 aromatic carbocycles. The summed E-state index contributed by atoms with van der Waals surface area (Å²) in [5.74, 6) is -1.54. The van der Waals surface area contributed by atoms with Gasteiger partial charge < -0.3 is 15.8 Å². The van der Waals surface area contributed by atoms with E-state index >= 15 is 0 Å². The van der Waals surface area contributed by atoms with E-state index in [1.807, 2.05) is 0 Å². The summed E-state index contributed by atoms with van der Waals surface area (Å²) in [6.07, 6.45) is 0.140. The second kappa shape index (κ2) is 9.04. The van der Waals surface area contributed by atoms with Gasteiger partial charge in [0.05, 0.1) is 13.0 Å². The van der Waals surface area contributed by atoms with Gasteiger partial charge in [0.1, 0.15) is 6.04 Å². The molecular weight excluding hydrogens is 308 g/mol. The van der Waals surface area contributed by atoms with E-state index in [1.165, 1.54) is 0 Å². The van der Waals surface area contributed by atoms with Gasteiger partial charge in [-0.2, -0.15) is 0 Å². The molecule has 0 saturated heterocycles. The largest absolute Gasteiger partial charge is 0.466 e. The van der Waals surface area contributed by atoms with Crippen molar-refractivity contribution in [3.63, 3.8) is 0 Å². The molecule has 22 heavy (non-hydrogen) atoms. The van der Waals surface area contributed by atoms with Crippen LogP contribution in [0.15, 0.2) is 24.3 Å². The average Bonchev–Trinajstić information content (AvgIpc) is 2.45. The van der Waals surface area contributed by atoms with Crippen molar-refractivity contribution < 1.29 is 19.1 Å². The van der Waals surface area contributed by atoms with Crippen molar-refractivity contribution in [2.24, 2.45) is 5.73 Å². The molecule has 0 unspecified atom stereocenters. The first kappa shape index (κ1) is 18.0. The quantitative estimate of drug-likeness (QED) is 0.701. The van der Waals surface area contributed by atoms with Gasteiger partial charge in [0.2, 0.25) is 11.8 Å². The van der Waals surface area contributed by atoms with E-state index in [9.17, 15) is 14.4 Å². The van der Waals surface area contributed by atoms with Crippen molar-refractivity contribution in [3.05, 3.63) is 34.9 Å². The molecule has 6 nitrogen and oxygen atoms in total. The Morgan fingerprint density at radius 1 is 1.32 bits per heavy atom. The summed E-state index contributed by atoms with van der Waals surface area (Å²) in [5, 5.41) is 3.05. The third-order valence-electron chi connectivity index (χ3n) is 2.87. The Balaban J connectivity index is 2.55. The highest BCUT2D eigenvalue weighted by atomic mass is 35.5. The molecule has 0 saturated carbocycles. The number of carbonyl (C=O) groups is 3. The van der Waals surface area contributed by atoms with Crippen LogP contribution < -0.4 is 11.1 Å². The predicted octanol–water partition coefficient (Wildman–Crippen LogP) is 1.20. The summed E-state index contributed by atoms with van der Waals surface area (Å²) in [5.41, 5.74) is 6.08. The monoisotopic (exact) mass is 326 g/mol. The van der Waals surface area contributed by atoms with Crippen LogP contribution in [0.5, 0.6) is 0 Å². The number of rotatable bonds is 8. The Hall–Kier alpha value is -2.08. The number of hydrogen-bond acceptors (Lipinski definition) is 4. The number of nitrogens with two attached hydrogens (primary N) is 1. The van der Waals surface area contributed by atoms with Gasteiger partial charge in [-0.1, -0.05) is 23.7 Å². The maximum absolute atomic E-state index is 11.8. The third-order valence-corrected chi connectivity index (χ3v) is 3.10. The van der Waals surface area contributed by atoms with Gasteiger partial charge in [0.15, 0.2) is 0 Å². The summed E-state index contributed by atoms with van der Waals surface area (Å²) in [6, 6.07) is 6.09. The van der Waals surface area contributed by atoms with Gasteiger partial charge in [0, 0.05) is 17.9 Å². The van der Waals surface area contributed by atoms with E-state index < -0.39 is 23.8 Å². The third kappa shape index (κ3) is 6.58. The molecule has 0 spiro atoms. The molecule has 0 radical (unpaired) electrons. The van der Waals surface area contributed by atoms with Crippen LogP contribution in [0.3, 0.4) is 0 Å². The average molecular weight is 327 g/mol. The van der Waals surface area contributed by atoms with Gasteiger partial charge in [-0.25, -0.2) is 0 Å². The first-order valence-electron chi connectivity index (χ1n) is 6.91. The van der Waals surface area contributed by atoms with E-state index in [0.717, 1.165) is 5.56 Å². The fourth-order valence-corrected chi connectivity index (χ4v) is 2.05. The number of amides is 2. The van der Waals surface area contributed by atoms with E-state index in [-0.39, 0.29) is 25.9 Å². The van der Waals surface area contributed by atoms with E-state index in [1.54, 1.807) is 31.2 Å². The molecule has 0 aliphatic rings. The van der Waals surface area contributed by atoms with Crippen molar-refractivity contribution in [2.45, 2.75) is 32.2 Å². The molecule has 1 aromatic rings. The maximum atomic E-state index is 11.8. The van der Waals surface area contributed by atoms with Gasteiger partial charge in [0.25, 0.3) is 0 Å². The van der Waals surface area contributed by atoms with Crippen molar-refractivity contribution in [1.82, 2.24) is 5.32 Å². The van der Waals surface area contributed by atoms with Gasteiger partial charge >= 0.3 is 5.97 Å². The fourth-order valence-electron chi connectivity index (χ4n) is 1.84. The second-order valence-electron chi connectivity index (χ2n) is 4.66. The standard InChI is InChI=1S/C15H19ClN2O4/c1-2-22-14(20)7-6-13(19)18-12(15(17)21)9-10-4-3-5-11(16)8-10/h3-5,8,12H,2,6-7,9H2,1H3,(H2,17,21)(H,18,19)/t12-/m1/s1. The minimum atomic E-state index is -0.854. The minimum absolute atomic E-state index is 0.0394. The van der Waals surface area contributed by atoms with E-state index in [2.05, 4.69) is 5.32 Å². The minimum Gasteiger partial charge on any atom is -0.466 e. The normalized spacial score (nSPS) is 11.5. The van der Waals surface area contributed by atoms with Crippen LogP contribution in [0.1, 0.15) is 25.3 Å². The molecule has 120 valence electrons. The molecule has 0 aliphatic carbocycles. The summed E-state index contributed by atoms with van der Waals surface area (Å²) in [7, 11) is 0. The highest BCUT2D eigenvalue weighted by Gasteiger charge is 2.19. The molecule has 2 amide bonds. The molecule has 0 bridgehead atoms. The first-order chi connectivity index (χ1) is 10.4. The Morgan fingerprint density at radius 2 is 2.05 bits per heavy atom. The number of ether oxygens (including phenoxy) is 1. The summed E-state index contributed by atoms with van der Waals surface area (Å²) in [6.45, 7) is 1.95. The maximum Gasteiger partial charge on any atom is 0.306 e. The number of carbonyl (C=O) groups excluding carboxylic acids is 3. The second-order valence-corrected chi connectivity index (χ2v) is 5.10. The highest BCUT2D eigenvalue weighted by molar-refractivity contribution is 6.30. The molecule has 0 aromatic heterocycles. The lowest BCUT2D eigenvalue weighted by Gasteiger charge is -2.15. The van der Waals surface area contributed by atoms with Crippen molar-refractivity contribution in [1.29, 1.82) is 0 Å². The topological polar surface area (TPSA) is 98.5 Å². The lowest BCUT2D eigenvalue weighted by Crippen LogP contribution is -2.45. The van der Waals surface area contributed by atoms with Crippen LogP contribution >= 0.6 is 11.6 Å². The fraction of sp³-hybridized carbons (Fsp3) is 0.400. The zero-order valence-electron chi connectivity index (χ0n) is 12.3. The Labute approximate surface area is 134 Å². The van der Waals surface area contributed by atoms with Crippen LogP contribution in [0.4, 0.5) is 0 Å². The molecule has 1 rings (SSSR count). The zero-order chi connectivity index (χ0) is 16.5. The lowest BCUT2D eigenvalue weighted by molar-refractivity contribution is -0.144. The Kier molecular flexibility index (Phi) is 7.39. The number of hydrogen-bond donors (Lipinski definition) is 2. The summed E-state index contributed by atoms with van der Waals surface area (Å²) >= 11 is 5.87. The predicted molar refractivity (Wildman–Crippen MR) is 82.1 cm³/mol. The van der Waals surface area contributed by atoms with Crippen molar-refractivity contribution in [3.8, 4) is 0 Å². The molecule has 1 atom stereocenters.